The van der Waals surface area contributed by atoms with Crippen molar-refractivity contribution < 1.29 is 4.79 Å². The zero-order valence-electron chi connectivity index (χ0n) is 13.0. The maximum Gasteiger partial charge on any atom is 0.217 e. The second kappa shape index (κ2) is 8.51. The largest absolute Gasteiger partial charge is 0.354 e. The molecular weight excluding hydrogens is 240 g/mol. The van der Waals surface area contributed by atoms with E-state index in [-0.39, 0.29) is 5.91 Å². The van der Waals surface area contributed by atoms with Crippen LogP contribution in [0.3, 0.4) is 0 Å². The van der Waals surface area contributed by atoms with Crippen molar-refractivity contribution in [2.75, 3.05) is 60.4 Å². The van der Waals surface area contributed by atoms with E-state index in [0.717, 1.165) is 52.1 Å². The van der Waals surface area contributed by atoms with E-state index in [1.54, 1.807) is 6.92 Å². The minimum Gasteiger partial charge on any atom is -0.354 e. The van der Waals surface area contributed by atoms with Crippen LogP contribution in [-0.4, -0.2) is 87.1 Å². The molecule has 5 heteroatoms. The van der Waals surface area contributed by atoms with Crippen molar-refractivity contribution in [1.82, 2.24) is 20.0 Å². The number of likely N-dealkylation sites (N-methyl/N-ethyl adjacent to an activating group) is 2. The summed E-state index contributed by atoms with van der Waals surface area (Å²) in [7, 11) is 6.41. The first-order chi connectivity index (χ1) is 8.97. The van der Waals surface area contributed by atoms with Crippen molar-refractivity contribution in [3.63, 3.8) is 0 Å². The molecule has 5 nitrogen and oxygen atoms in total. The summed E-state index contributed by atoms with van der Waals surface area (Å²) in [4.78, 5) is 18.1. The summed E-state index contributed by atoms with van der Waals surface area (Å²) in [5.41, 5.74) is 0. The maximum atomic E-state index is 11.0. The molecule has 0 aromatic carbocycles. The van der Waals surface area contributed by atoms with E-state index in [4.69, 9.17) is 0 Å². The summed E-state index contributed by atoms with van der Waals surface area (Å²) in [5.74, 6) is 0.0990. The van der Waals surface area contributed by atoms with Gasteiger partial charge in [-0.15, -0.1) is 0 Å². The van der Waals surface area contributed by atoms with E-state index in [1.807, 2.05) is 0 Å². The summed E-state index contributed by atoms with van der Waals surface area (Å²) in [6.45, 7) is 8.30. The first kappa shape index (κ1) is 16.4. The van der Waals surface area contributed by atoms with Crippen LogP contribution in [0.5, 0.6) is 0 Å². The standard InChI is InChI=1S/C14H30N4O/c1-13(19)15-14-5-7-18(8-6-14)12-11-17(4)10-9-16(2)3/h14H,5-12H2,1-4H3,(H,15,19). The van der Waals surface area contributed by atoms with Gasteiger partial charge in [0.25, 0.3) is 0 Å². The van der Waals surface area contributed by atoms with E-state index >= 15 is 0 Å². The maximum absolute atomic E-state index is 11.0. The molecule has 1 fully saturated rings. The molecule has 1 heterocycles. The number of likely N-dealkylation sites (tertiary alicyclic amines) is 1. The summed E-state index contributed by atoms with van der Waals surface area (Å²) < 4.78 is 0. The number of hydrogen-bond acceptors (Lipinski definition) is 4. The predicted molar refractivity (Wildman–Crippen MR) is 79.3 cm³/mol. The van der Waals surface area contributed by atoms with Crippen LogP contribution in [0.25, 0.3) is 0 Å². The number of nitrogens with one attached hydrogen (secondary N) is 1. The zero-order valence-corrected chi connectivity index (χ0v) is 13.0. The third-order valence-corrected chi connectivity index (χ3v) is 3.72. The Labute approximate surface area is 117 Å². The van der Waals surface area contributed by atoms with Gasteiger partial charge in [-0.05, 0) is 34.0 Å². The molecule has 1 aliphatic rings. The summed E-state index contributed by atoms with van der Waals surface area (Å²) in [6, 6.07) is 0.389. The minimum atomic E-state index is 0.0990. The van der Waals surface area contributed by atoms with Gasteiger partial charge in [0.2, 0.25) is 5.91 Å². The van der Waals surface area contributed by atoms with Gasteiger partial charge in [0, 0.05) is 52.2 Å². The number of carbonyl (C=O) groups is 1. The first-order valence-corrected chi connectivity index (χ1v) is 7.30. The Kier molecular flexibility index (Phi) is 7.34. The molecule has 0 aromatic rings. The molecule has 0 spiro atoms. The highest BCUT2D eigenvalue weighted by molar-refractivity contribution is 5.73. The quantitative estimate of drug-likeness (QED) is 0.711. The topological polar surface area (TPSA) is 38.8 Å². The van der Waals surface area contributed by atoms with Gasteiger partial charge in [-0.25, -0.2) is 0 Å². The van der Waals surface area contributed by atoms with Crippen LogP contribution in [0, 0.1) is 0 Å². The average molecular weight is 270 g/mol. The fourth-order valence-corrected chi connectivity index (χ4v) is 2.38. The molecule has 1 N–H and O–H groups in total. The van der Waals surface area contributed by atoms with Crippen LogP contribution >= 0.6 is 0 Å². The predicted octanol–water partition coefficient (Wildman–Crippen LogP) is 0.0803. The van der Waals surface area contributed by atoms with Crippen molar-refractivity contribution in [1.29, 1.82) is 0 Å². The van der Waals surface area contributed by atoms with Gasteiger partial charge >= 0.3 is 0 Å². The summed E-state index contributed by atoms with van der Waals surface area (Å²) >= 11 is 0. The molecule has 1 saturated heterocycles. The molecule has 19 heavy (non-hydrogen) atoms. The van der Waals surface area contributed by atoms with E-state index in [0.29, 0.717) is 6.04 Å². The Hall–Kier alpha value is -0.650. The fourth-order valence-electron chi connectivity index (χ4n) is 2.38. The highest BCUT2D eigenvalue weighted by Crippen LogP contribution is 2.09. The summed E-state index contributed by atoms with van der Waals surface area (Å²) in [6.07, 6.45) is 2.17. The SMILES string of the molecule is CC(=O)NC1CCN(CCN(C)CCN(C)C)CC1. The number of carbonyl (C=O) groups excluding carboxylic acids is 1. The highest BCUT2D eigenvalue weighted by Gasteiger charge is 2.19. The summed E-state index contributed by atoms with van der Waals surface area (Å²) in [5, 5.41) is 3.02. The normalized spacial score (nSPS) is 18.2. The number of hydrogen-bond donors (Lipinski definition) is 1. The minimum absolute atomic E-state index is 0.0990. The van der Waals surface area contributed by atoms with Crippen molar-refractivity contribution in [2.24, 2.45) is 0 Å². The lowest BCUT2D eigenvalue weighted by atomic mass is 10.1. The second-order valence-corrected chi connectivity index (χ2v) is 5.92. The Morgan fingerprint density at radius 1 is 1.16 bits per heavy atom. The number of amides is 1. The van der Waals surface area contributed by atoms with E-state index in [9.17, 15) is 4.79 Å². The Balaban J connectivity index is 2.10. The lowest BCUT2D eigenvalue weighted by Crippen LogP contribution is -2.46. The van der Waals surface area contributed by atoms with Gasteiger partial charge in [-0.1, -0.05) is 0 Å². The van der Waals surface area contributed by atoms with Crippen molar-refractivity contribution >= 4 is 5.91 Å². The lowest BCUT2D eigenvalue weighted by molar-refractivity contribution is -0.119. The second-order valence-electron chi connectivity index (χ2n) is 5.92. The van der Waals surface area contributed by atoms with Crippen LogP contribution < -0.4 is 5.32 Å². The van der Waals surface area contributed by atoms with Crippen molar-refractivity contribution in [2.45, 2.75) is 25.8 Å². The van der Waals surface area contributed by atoms with Gasteiger partial charge in [0.15, 0.2) is 0 Å². The van der Waals surface area contributed by atoms with Gasteiger partial charge in [-0.2, -0.15) is 0 Å². The number of piperidine rings is 1. The number of rotatable bonds is 7. The molecule has 0 saturated carbocycles. The van der Waals surface area contributed by atoms with Gasteiger partial charge in [0.05, 0.1) is 0 Å². The molecule has 0 radical (unpaired) electrons. The van der Waals surface area contributed by atoms with Gasteiger partial charge in [-0.3, -0.25) is 4.79 Å². The van der Waals surface area contributed by atoms with Crippen LogP contribution in [-0.2, 0) is 4.79 Å². The Morgan fingerprint density at radius 3 is 2.32 bits per heavy atom. The molecule has 0 aromatic heterocycles. The van der Waals surface area contributed by atoms with Crippen molar-refractivity contribution in [3.8, 4) is 0 Å². The lowest BCUT2D eigenvalue weighted by Gasteiger charge is -2.33. The first-order valence-electron chi connectivity index (χ1n) is 7.30. The molecule has 1 amide bonds. The monoisotopic (exact) mass is 270 g/mol. The molecule has 0 bridgehead atoms. The van der Waals surface area contributed by atoms with Crippen LogP contribution in [0.15, 0.2) is 0 Å². The van der Waals surface area contributed by atoms with Gasteiger partial charge in [0.1, 0.15) is 0 Å². The molecule has 0 aliphatic carbocycles. The molecule has 0 unspecified atom stereocenters. The van der Waals surface area contributed by atoms with E-state index in [1.165, 1.54) is 0 Å². The van der Waals surface area contributed by atoms with Crippen LogP contribution in [0.2, 0.25) is 0 Å². The average Bonchev–Trinajstić information content (AvgIpc) is 2.35. The molecule has 1 aliphatic heterocycles. The van der Waals surface area contributed by atoms with Crippen LogP contribution in [0.1, 0.15) is 19.8 Å². The van der Waals surface area contributed by atoms with E-state index < -0.39 is 0 Å². The third-order valence-electron chi connectivity index (χ3n) is 3.72. The number of nitrogens with zero attached hydrogens (tertiary/aromatic N) is 3. The molecular formula is C14H30N4O. The van der Waals surface area contributed by atoms with E-state index in [2.05, 4.69) is 41.2 Å². The zero-order chi connectivity index (χ0) is 14.3. The smallest absolute Gasteiger partial charge is 0.217 e. The molecule has 112 valence electrons. The molecule has 1 rings (SSSR count). The van der Waals surface area contributed by atoms with Crippen molar-refractivity contribution in [3.05, 3.63) is 0 Å². The third kappa shape index (κ3) is 7.50. The highest BCUT2D eigenvalue weighted by atomic mass is 16.1. The molecule has 0 atom stereocenters. The Morgan fingerprint density at radius 2 is 1.79 bits per heavy atom. The fraction of sp³-hybridized carbons (Fsp3) is 0.929. The van der Waals surface area contributed by atoms with Gasteiger partial charge < -0.3 is 20.0 Å². The Bertz CT molecular complexity index is 262. The van der Waals surface area contributed by atoms with Crippen LogP contribution in [0.4, 0.5) is 0 Å².